The van der Waals surface area contributed by atoms with Crippen LogP contribution >= 0.6 is 11.3 Å². The third-order valence-corrected chi connectivity index (χ3v) is 5.48. The Balaban J connectivity index is 1.31. The summed E-state index contributed by atoms with van der Waals surface area (Å²) in [7, 11) is 0. The van der Waals surface area contributed by atoms with Gasteiger partial charge in [0.25, 0.3) is 0 Å². The maximum atomic E-state index is 5.61. The third-order valence-electron chi connectivity index (χ3n) is 4.63. The van der Waals surface area contributed by atoms with Crippen molar-refractivity contribution in [2.45, 2.75) is 19.0 Å². The second kappa shape index (κ2) is 6.50. The van der Waals surface area contributed by atoms with Crippen molar-refractivity contribution in [1.29, 1.82) is 0 Å². The maximum Gasteiger partial charge on any atom is 0.236 e. The number of hydrogen-bond acceptors (Lipinski definition) is 6. The fourth-order valence-corrected chi connectivity index (χ4v) is 4.02. The average Bonchev–Trinajstić information content (AvgIpc) is 3.30. The Hall–Kier alpha value is -1.21. The topological polar surface area (TPSA) is 44.5 Å². The van der Waals surface area contributed by atoms with Crippen LogP contribution in [0.5, 0.6) is 0 Å². The molecule has 5 nitrogen and oxygen atoms in total. The molecule has 2 aromatic rings. The lowest BCUT2D eigenvalue weighted by Crippen LogP contribution is -2.50. The van der Waals surface area contributed by atoms with Crippen LogP contribution < -0.4 is 5.32 Å². The lowest BCUT2D eigenvalue weighted by molar-refractivity contribution is 0.0973. The van der Waals surface area contributed by atoms with Gasteiger partial charge < -0.3 is 9.73 Å². The van der Waals surface area contributed by atoms with Gasteiger partial charge in [-0.05, 0) is 24.4 Å². The van der Waals surface area contributed by atoms with Crippen LogP contribution in [0.2, 0.25) is 0 Å². The molecule has 0 spiro atoms. The molecule has 1 N–H and O–H groups in total. The number of nitrogens with one attached hydrogen (secondary N) is 1. The van der Waals surface area contributed by atoms with Gasteiger partial charge in [0.2, 0.25) is 5.89 Å². The fourth-order valence-electron chi connectivity index (χ4n) is 3.36. The van der Waals surface area contributed by atoms with Crippen molar-refractivity contribution in [1.82, 2.24) is 20.1 Å². The van der Waals surface area contributed by atoms with Crippen LogP contribution in [0.3, 0.4) is 0 Å². The van der Waals surface area contributed by atoms with E-state index in [1.165, 1.54) is 26.1 Å². The molecule has 2 saturated heterocycles. The minimum absolute atomic E-state index is 0.750. The van der Waals surface area contributed by atoms with E-state index in [0.29, 0.717) is 0 Å². The van der Waals surface area contributed by atoms with Crippen molar-refractivity contribution in [3.05, 3.63) is 29.5 Å². The summed E-state index contributed by atoms with van der Waals surface area (Å²) in [6, 6.07) is 4.83. The quantitative estimate of drug-likeness (QED) is 0.932. The molecule has 6 heteroatoms. The Morgan fingerprint density at radius 1 is 1.32 bits per heavy atom. The zero-order valence-electron chi connectivity index (χ0n) is 12.7. The molecule has 0 radical (unpaired) electrons. The number of oxazole rings is 1. The van der Waals surface area contributed by atoms with Gasteiger partial charge in [0.15, 0.2) is 0 Å². The molecule has 1 atom stereocenters. The lowest BCUT2D eigenvalue weighted by Gasteiger charge is -2.37. The largest absolute Gasteiger partial charge is 0.444 e. The molecule has 4 heterocycles. The zero-order chi connectivity index (χ0) is 14.8. The molecule has 22 heavy (non-hydrogen) atoms. The summed E-state index contributed by atoms with van der Waals surface area (Å²) in [5.74, 6) is 0.751. The molecule has 2 aliphatic heterocycles. The van der Waals surface area contributed by atoms with Crippen LogP contribution in [0, 0.1) is 0 Å². The molecule has 2 fully saturated rings. The maximum absolute atomic E-state index is 5.61. The van der Waals surface area contributed by atoms with Gasteiger partial charge in [0.1, 0.15) is 6.26 Å². The SMILES string of the molecule is c1csc(-c2nc(CN3CCN(C4CCNC4)CC3)co2)c1. The smallest absolute Gasteiger partial charge is 0.236 e. The number of piperazine rings is 1. The number of thiophene rings is 1. The summed E-state index contributed by atoms with van der Waals surface area (Å²) in [5, 5.41) is 5.51. The van der Waals surface area contributed by atoms with Gasteiger partial charge in [-0.25, -0.2) is 4.98 Å². The summed E-state index contributed by atoms with van der Waals surface area (Å²) in [5.41, 5.74) is 1.04. The highest BCUT2D eigenvalue weighted by molar-refractivity contribution is 7.13. The normalized spacial score (nSPS) is 24.1. The Kier molecular flexibility index (Phi) is 4.25. The third kappa shape index (κ3) is 3.10. The summed E-state index contributed by atoms with van der Waals surface area (Å²) >= 11 is 1.67. The first kappa shape index (κ1) is 14.4. The molecule has 0 aliphatic carbocycles. The van der Waals surface area contributed by atoms with E-state index in [-0.39, 0.29) is 0 Å². The van der Waals surface area contributed by atoms with Crippen LogP contribution in [0.25, 0.3) is 10.8 Å². The highest BCUT2D eigenvalue weighted by atomic mass is 32.1. The van der Waals surface area contributed by atoms with Crippen molar-refractivity contribution >= 4 is 11.3 Å². The first-order chi connectivity index (χ1) is 10.9. The van der Waals surface area contributed by atoms with Crippen LogP contribution in [-0.4, -0.2) is 60.1 Å². The number of nitrogens with zero attached hydrogens (tertiary/aromatic N) is 3. The lowest BCUT2D eigenvalue weighted by atomic mass is 10.2. The Morgan fingerprint density at radius 2 is 2.23 bits per heavy atom. The predicted molar refractivity (Wildman–Crippen MR) is 87.9 cm³/mol. The van der Waals surface area contributed by atoms with Gasteiger partial charge in [0.05, 0.1) is 10.6 Å². The molecule has 0 bridgehead atoms. The standard InChI is InChI=1S/C16H22N4OS/c1-2-15(22-9-1)16-18-13(12-21-16)11-19-5-7-20(8-6-19)14-3-4-17-10-14/h1-2,9,12,14,17H,3-8,10-11H2. The minimum atomic E-state index is 0.750. The molecule has 2 aromatic heterocycles. The molecule has 118 valence electrons. The van der Waals surface area contributed by atoms with E-state index in [2.05, 4.69) is 31.5 Å². The van der Waals surface area contributed by atoms with E-state index in [0.717, 1.165) is 48.7 Å². The molecule has 0 amide bonds. The number of aromatic nitrogens is 1. The summed E-state index contributed by atoms with van der Waals surface area (Å²) in [6.45, 7) is 7.81. The van der Waals surface area contributed by atoms with Gasteiger partial charge in [-0.1, -0.05) is 6.07 Å². The number of hydrogen-bond donors (Lipinski definition) is 1. The van der Waals surface area contributed by atoms with Crippen LogP contribution in [0.15, 0.2) is 28.2 Å². The average molecular weight is 318 g/mol. The highest BCUT2D eigenvalue weighted by Gasteiger charge is 2.26. The molecular formula is C16H22N4OS. The van der Waals surface area contributed by atoms with E-state index < -0.39 is 0 Å². The van der Waals surface area contributed by atoms with E-state index in [1.807, 2.05) is 12.3 Å². The summed E-state index contributed by atoms with van der Waals surface area (Å²) < 4.78 is 5.61. The Bertz CT molecular complexity index is 583. The van der Waals surface area contributed by atoms with Crippen molar-refractivity contribution in [3.8, 4) is 10.8 Å². The van der Waals surface area contributed by atoms with Gasteiger partial charge >= 0.3 is 0 Å². The van der Waals surface area contributed by atoms with Crippen LogP contribution in [-0.2, 0) is 6.54 Å². The van der Waals surface area contributed by atoms with Gasteiger partial charge in [-0.2, -0.15) is 0 Å². The van der Waals surface area contributed by atoms with Crippen LogP contribution in [0.1, 0.15) is 12.1 Å². The first-order valence-corrected chi connectivity index (χ1v) is 8.92. The molecular weight excluding hydrogens is 296 g/mol. The minimum Gasteiger partial charge on any atom is -0.444 e. The van der Waals surface area contributed by atoms with Crippen molar-refractivity contribution in [2.24, 2.45) is 0 Å². The van der Waals surface area contributed by atoms with Crippen molar-refractivity contribution in [3.63, 3.8) is 0 Å². The highest BCUT2D eigenvalue weighted by Crippen LogP contribution is 2.24. The van der Waals surface area contributed by atoms with Crippen molar-refractivity contribution < 1.29 is 4.42 Å². The van der Waals surface area contributed by atoms with Gasteiger partial charge in [-0.3, -0.25) is 9.80 Å². The molecule has 0 saturated carbocycles. The summed E-state index contributed by atoms with van der Waals surface area (Å²) in [4.78, 5) is 10.8. The van der Waals surface area contributed by atoms with Gasteiger partial charge in [-0.15, -0.1) is 11.3 Å². The number of rotatable bonds is 4. The van der Waals surface area contributed by atoms with E-state index in [9.17, 15) is 0 Å². The second-order valence-electron chi connectivity index (χ2n) is 6.08. The zero-order valence-corrected chi connectivity index (χ0v) is 13.5. The Labute approximate surface area is 134 Å². The predicted octanol–water partition coefficient (Wildman–Crippen LogP) is 1.88. The summed E-state index contributed by atoms with van der Waals surface area (Å²) in [6.07, 6.45) is 3.11. The second-order valence-corrected chi connectivity index (χ2v) is 7.03. The van der Waals surface area contributed by atoms with Crippen LogP contribution in [0.4, 0.5) is 0 Å². The van der Waals surface area contributed by atoms with Crippen molar-refractivity contribution in [2.75, 3.05) is 39.3 Å². The first-order valence-electron chi connectivity index (χ1n) is 8.04. The monoisotopic (exact) mass is 318 g/mol. The molecule has 2 aliphatic rings. The molecule has 4 rings (SSSR count). The van der Waals surface area contributed by atoms with E-state index >= 15 is 0 Å². The Morgan fingerprint density at radius 3 is 2.95 bits per heavy atom. The van der Waals surface area contributed by atoms with E-state index in [4.69, 9.17) is 4.42 Å². The van der Waals surface area contributed by atoms with E-state index in [1.54, 1.807) is 11.3 Å². The fraction of sp³-hybridized carbons (Fsp3) is 0.562. The van der Waals surface area contributed by atoms with Gasteiger partial charge in [0, 0.05) is 45.3 Å². The molecule has 0 aromatic carbocycles. The molecule has 1 unspecified atom stereocenters.